The molecule has 1 N–H and O–H groups in total. The minimum Gasteiger partial charge on any atom is -0.383 e. The molecule has 1 aliphatic heterocycles. The van der Waals surface area contributed by atoms with Crippen LogP contribution in [0.1, 0.15) is 25.0 Å². The van der Waals surface area contributed by atoms with Gasteiger partial charge < -0.3 is 14.7 Å². The van der Waals surface area contributed by atoms with Gasteiger partial charge in [0.05, 0.1) is 22.9 Å². The van der Waals surface area contributed by atoms with Gasteiger partial charge in [-0.1, -0.05) is 0 Å². The first-order chi connectivity index (χ1) is 9.03. The molecule has 1 aromatic heterocycles. The van der Waals surface area contributed by atoms with Crippen LogP contribution in [-0.2, 0) is 16.9 Å². The molecule has 0 bridgehead atoms. The second-order valence-corrected chi connectivity index (χ2v) is 6.22. The molecule has 1 saturated heterocycles. The van der Waals surface area contributed by atoms with Crippen LogP contribution in [0, 0.1) is 0 Å². The third-order valence-corrected chi connectivity index (χ3v) is 4.11. The van der Waals surface area contributed by atoms with Crippen LogP contribution in [0.25, 0.3) is 0 Å². The van der Waals surface area contributed by atoms with Crippen molar-refractivity contribution in [1.82, 2.24) is 14.7 Å². The van der Waals surface area contributed by atoms with Crippen LogP contribution >= 0.6 is 15.9 Å². The van der Waals surface area contributed by atoms with Crippen LogP contribution in [0.2, 0.25) is 0 Å². The molecule has 2 rings (SSSR count). The zero-order valence-corrected chi connectivity index (χ0v) is 13.2. The molecule has 1 aliphatic rings. The lowest BCUT2D eigenvalue weighted by Crippen LogP contribution is -2.31. The molecule has 5 nitrogen and oxygen atoms in total. The average molecular weight is 332 g/mol. The van der Waals surface area contributed by atoms with Gasteiger partial charge in [0.25, 0.3) is 0 Å². The van der Waals surface area contributed by atoms with Crippen LogP contribution in [-0.4, -0.2) is 53.6 Å². The maximum atomic E-state index is 11.0. The summed E-state index contributed by atoms with van der Waals surface area (Å²) in [5.41, 5.74) is 0.0536. The lowest BCUT2D eigenvalue weighted by atomic mass is 9.91. The molecule has 0 saturated carbocycles. The maximum absolute atomic E-state index is 11.0. The van der Waals surface area contributed by atoms with Gasteiger partial charge in [0.1, 0.15) is 5.60 Å². The topological polar surface area (TPSA) is 50.5 Å². The fourth-order valence-electron chi connectivity index (χ4n) is 2.46. The van der Waals surface area contributed by atoms with Crippen molar-refractivity contribution in [2.75, 3.05) is 33.9 Å². The minimum atomic E-state index is -0.835. The van der Waals surface area contributed by atoms with Gasteiger partial charge in [-0.3, -0.25) is 4.68 Å². The van der Waals surface area contributed by atoms with E-state index in [0.29, 0.717) is 13.0 Å². The van der Waals surface area contributed by atoms with E-state index in [1.807, 2.05) is 18.8 Å². The standard InChI is InChI=1S/C13H22BrN3O2/c1-16(2)6-7-17-12(11(14)10-15-17)13(18)4-3-8-19-9-5-13/h10,18H,3-9H2,1-2H3. The van der Waals surface area contributed by atoms with E-state index < -0.39 is 5.60 Å². The Bertz CT molecular complexity index is 412. The zero-order chi connectivity index (χ0) is 13.9. The molecular formula is C13H22BrN3O2. The summed E-state index contributed by atoms with van der Waals surface area (Å²) in [7, 11) is 4.07. The summed E-state index contributed by atoms with van der Waals surface area (Å²) >= 11 is 3.52. The Morgan fingerprint density at radius 3 is 3.00 bits per heavy atom. The van der Waals surface area contributed by atoms with Crippen LogP contribution in [0.3, 0.4) is 0 Å². The number of likely N-dealkylation sites (N-methyl/N-ethyl adjacent to an activating group) is 1. The Balaban J connectivity index is 2.23. The normalized spacial score (nSPS) is 24.7. The highest BCUT2D eigenvalue weighted by Gasteiger charge is 2.35. The SMILES string of the molecule is CN(C)CCn1ncc(Br)c1C1(O)CCCOCC1. The number of rotatable bonds is 4. The first-order valence-electron chi connectivity index (χ1n) is 6.69. The second kappa shape index (κ2) is 6.35. The fraction of sp³-hybridized carbons (Fsp3) is 0.769. The predicted molar refractivity (Wildman–Crippen MR) is 77.0 cm³/mol. The van der Waals surface area contributed by atoms with Crippen molar-refractivity contribution in [1.29, 1.82) is 0 Å². The van der Waals surface area contributed by atoms with E-state index in [4.69, 9.17) is 4.74 Å². The van der Waals surface area contributed by atoms with Crippen molar-refractivity contribution in [2.45, 2.75) is 31.4 Å². The minimum absolute atomic E-state index is 0.599. The molecule has 0 aliphatic carbocycles. The van der Waals surface area contributed by atoms with E-state index in [-0.39, 0.29) is 0 Å². The van der Waals surface area contributed by atoms with Crippen LogP contribution < -0.4 is 0 Å². The zero-order valence-electron chi connectivity index (χ0n) is 11.6. The third kappa shape index (κ3) is 3.56. The first kappa shape index (κ1) is 15.0. The Morgan fingerprint density at radius 1 is 1.47 bits per heavy atom. The molecule has 6 heteroatoms. The van der Waals surface area contributed by atoms with Crippen molar-refractivity contribution in [3.8, 4) is 0 Å². The summed E-state index contributed by atoms with van der Waals surface area (Å²) in [5.74, 6) is 0. The number of ether oxygens (including phenoxy) is 1. The monoisotopic (exact) mass is 331 g/mol. The van der Waals surface area contributed by atoms with E-state index in [0.717, 1.165) is 42.7 Å². The summed E-state index contributed by atoms with van der Waals surface area (Å²) in [6.07, 6.45) is 4.00. The average Bonchev–Trinajstić information content (AvgIpc) is 2.58. The molecule has 0 aromatic carbocycles. The Morgan fingerprint density at radius 2 is 2.26 bits per heavy atom. The summed E-state index contributed by atoms with van der Waals surface area (Å²) < 4.78 is 8.25. The largest absolute Gasteiger partial charge is 0.383 e. The molecule has 0 radical (unpaired) electrons. The summed E-state index contributed by atoms with van der Waals surface area (Å²) in [6.45, 7) is 3.00. The Hall–Kier alpha value is -0.430. The van der Waals surface area contributed by atoms with Crippen LogP contribution in [0.5, 0.6) is 0 Å². The predicted octanol–water partition coefficient (Wildman–Crippen LogP) is 1.60. The number of hydrogen-bond donors (Lipinski definition) is 1. The van der Waals surface area contributed by atoms with Gasteiger partial charge in [-0.05, 0) is 42.9 Å². The number of nitrogens with zero attached hydrogens (tertiary/aromatic N) is 3. The van der Waals surface area contributed by atoms with Crippen LogP contribution in [0.4, 0.5) is 0 Å². The van der Waals surface area contributed by atoms with Crippen molar-refractivity contribution < 1.29 is 9.84 Å². The molecule has 19 heavy (non-hydrogen) atoms. The van der Waals surface area contributed by atoms with Crippen molar-refractivity contribution in [3.05, 3.63) is 16.4 Å². The van der Waals surface area contributed by atoms with E-state index in [9.17, 15) is 5.11 Å². The highest BCUT2D eigenvalue weighted by Crippen LogP contribution is 2.36. The van der Waals surface area contributed by atoms with Gasteiger partial charge in [0.15, 0.2) is 0 Å². The van der Waals surface area contributed by atoms with E-state index in [1.165, 1.54) is 0 Å². The lowest BCUT2D eigenvalue weighted by Gasteiger charge is -2.28. The van der Waals surface area contributed by atoms with Gasteiger partial charge in [-0.25, -0.2) is 0 Å². The molecule has 2 heterocycles. The van der Waals surface area contributed by atoms with Crippen molar-refractivity contribution >= 4 is 15.9 Å². The summed E-state index contributed by atoms with van der Waals surface area (Å²) in [6, 6.07) is 0. The van der Waals surface area contributed by atoms with Crippen molar-refractivity contribution in [2.24, 2.45) is 0 Å². The van der Waals surface area contributed by atoms with Gasteiger partial charge >= 0.3 is 0 Å². The molecular weight excluding hydrogens is 310 g/mol. The first-order valence-corrected chi connectivity index (χ1v) is 7.49. The number of hydrogen-bond acceptors (Lipinski definition) is 4. The van der Waals surface area contributed by atoms with E-state index >= 15 is 0 Å². The highest BCUT2D eigenvalue weighted by atomic mass is 79.9. The molecule has 108 valence electrons. The van der Waals surface area contributed by atoms with Crippen LogP contribution in [0.15, 0.2) is 10.7 Å². The fourth-order valence-corrected chi connectivity index (χ4v) is 3.13. The lowest BCUT2D eigenvalue weighted by molar-refractivity contribution is 0.00524. The highest BCUT2D eigenvalue weighted by molar-refractivity contribution is 9.10. The smallest absolute Gasteiger partial charge is 0.110 e. The van der Waals surface area contributed by atoms with Gasteiger partial charge in [0, 0.05) is 26.2 Å². The number of aromatic nitrogens is 2. The van der Waals surface area contributed by atoms with Crippen molar-refractivity contribution in [3.63, 3.8) is 0 Å². The maximum Gasteiger partial charge on any atom is 0.110 e. The number of aliphatic hydroxyl groups is 1. The van der Waals surface area contributed by atoms with Gasteiger partial charge in [-0.2, -0.15) is 5.10 Å². The number of halogens is 1. The van der Waals surface area contributed by atoms with E-state index in [1.54, 1.807) is 6.20 Å². The molecule has 0 amide bonds. The molecule has 1 aromatic rings. The molecule has 0 spiro atoms. The van der Waals surface area contributed by atoms with Gasteiger partial charge in [-0.15, -0.1) is 0 Å². The van der Waals surface area contributed by atoms with Gasteiger partial charge in [0.2, 0.25) is 0 Å². The quantitative estimate of drug-likeness (QED) is 0.910. The molecule has 1 atom stereocenters. The Labute approximate surface area is 122 Å². The Kier molecular flexibility index (Phi) is 5.00. The van der Waals surface area contributed by atoms with E-state index in [2.05, 4.69) is 25.9 Å². The third-order valence-electron chi connectivity index (χ3n) is 3.53. The molecule has 1 fully saturated rings. The summed E-state index contributed by atoms with van der Waals surface area (Å²) in [4.78, 5) is 2.11. The second-order valence-electron chi connectivity index (χ2n) is 5.37. The molecule has 1 unspecified atom stereocenters. The summed E-state index contributed by atoms with van der Waals surface area (Å²) in [5, 5.41) is 15.3.